The summed E-state index contributed by atoms with van der Waals surface area (Å²) < 4.78 is 0. The molecule has 88 valence electrons. The van der Waals surface area contributed by atoms with Gasteiger partial charge < -0.3 is 5.73 Å². The maximum atomic E-state index is 6.46. The number of hydrogen-bond donors (Lipinski definition) is 1. The van der Waals surface area contributed by atoms with Crippen molar-refractivity contribution >= 4 is 18.5 Å². The Morgan fingerprint density at radius 2 is 1.94 bits per heavy atom. The third kappa shape index (κ3) is 1.68. The molecular formula is C14H20ClN. The highest BCUT2D eigenvalue weighted by molar-refractivity contribution is 5.85. The van der Waals surface area contributed by atoms with Crippen molar-refractivity contribution in [3.05, 3.63) is 41.5 Å². The van der Waals surface area contributed by atoms with Gasteiger partial charge in [0.15, 0.2) is 0 Å². The van der Waals surface area contributed by atoms with E-state index in [0.29, 0.717) is 0 Å². The summed E-state index contributed by atoms with van der Waals surface area (Å²) >= 11 is 0. The molecule has 0 heterocycles. The molecule has 1 aliphatic rings. The lowest BCUT2D eigenvalue weighted by atomic mass is 9.75. The number of nitrogens with two attached hydrogens (primary N) is 1. The summed E-state index contributed by atoms with van der Waals surface area (Å²) in [5.41, 5.74) is 10.2. The van der Waals surface area contributed by atoms with E-state index in [4.69, 9.17) is 5.73 Å². The first-order chi connectivity index (χ1) is 6.88. The van der Waals surface area contributed by atoms with Crippen LogP contribution in [-0.4, -0.2) is 0 Å². The molecule has 1 atom stereocenters. The molecule has 0 radical (unpaired) electrons. The Bertz CT molecular complexity index is 419. The van der Waals surface area contributed by atoms with E-state index in [1.54, 1.807) is 0 Å². The summed E-state index contributed by atoms with van der Waals surface area (Å²) in [4.78, 5) is 0. The molecule has 0 saturated carbocycles. The Kier molecular flexibility index (Phi) is 3.24. The lowest BCUT2D eigenvalue weighted by Crippen LogP contribution is -2.43. The quantitative estimate of drug-likeness (QED) is 0.795. The van der Waals surface area contributed by atoms with Gasteiger partial charge in [0, 0.05) is 5.54 Å². The van der Waals surface area contributed by atoms with Crippen molar-refractivity contribution in [3.8, 4) is 0 Å². The fraction of sp³-hybridized carbons (Fsp3) is 0.429. The average molecular weight is 238 g/mol. The summed E-state index contributed by atoms with van der Waals surface area (Å²) in [7, 11) is 0. The molecule has 1 nitrogen and oxygen atoms in total. The van der Waals surface area contributed by atoms with Gasteiger partial charge in [0.1, 0.15) is 0 Å². The maximum Gasteiger partial charge on any atom is 0.0438 e. The molecule has 0 spiro atoms. The van der Waals surface area contributed by atoms with Crippen molar-refractivity contribution in [3.63, 3.8) is 0 Å². The molecule has 2 N–H and O–H groups in total. The number of fused-ring (bicyclic) bond motifs is 1. The zero-order valence-electron chi connectivity index (χ0n) is 10.2. The minimum absolute atomic E-state index is 0. The molecule has 0 fully saturated rings. The van der Waals surface area contributed by atoms with Crippen LogP contribution in [0.15, 0.2) is 24.8 Å². The van der Waals surface area contributed by atoms with Crippen LogP contribution < -0.4 is 5.73 Å². The van der Waals surface area contributed by atoms with Gasteiger partial charge in [-0.25, -0.2) is 0 Å². The smallest absolute Gasteiger partial charge is 0.0438 e. The lowest BCUT2D eigenvalue weighted by molar-refractivity contribution is 0.211. The van der Waals surface area contributed by atoms with Gasteiger partial charge >= 0.3 is 0 Å². The monoisotopic (exact) mass is 237 g/mol. The van der Waals surface area contributed by atoms with Gasteiger partial charge in [-0.15, -0.1) is 12.4 Å². The van der Waals surface area contributed by atoms with Crippen molar-refractivity contribution in [1.82, 2.24) is 0 Å². The van der Waals surface area contributed by atoms with Gasteiger partial charge in [0.2, 0.25) is 0 Å². The van der Waals surface area contributed by atoms with E-state index in [1.807, 2.05) is 6.08 Å². The van der Waals surface area contributed by atoms with Gasteiger partial charge in [-0.05, 0) is 41.5 Å². The van der Waals surface area contributed by atoms with Gasteiger partial charge in [-0.3, -0.25) is 0 Å². The fourth-order valence-corrected chi connectivity index (χ4v) is 2.38. The minimum Gasteiger partial charge on any atom is -0.321 e. The highest BCUT2D eigenvalue weighted by Gasteiger charge is 2.45. The topological polar surface area (TPSA) is 26.0 Å². The van der Waals surface area contributed by atoms with E-state index < -0.39 is 0 Å². The normalized spacial score (nSPS) is 25.8. The van der Waals surface area contributed by atoms with Crippen molar-refractivity contribution in [2.45, 2.75) is 32.7 Å². The van der Waals surface area contributed by atoms with Crippen LogP contribution >= 0.6 is 12.4 Å². The SMILES string of the molecule is C=Cc1ccc2c(c1)C(C)(N)C(C)(C)C2.Cl. The summed E-state index contributed by atoms with van der Waals surface area (Å²) in [6, 6.07) is 6.48. The molecule has 1 aromatic rings. The van der Waals surface area contributed by atoms with E-state index in [2.05, 4.69) is 45.5 Å². The maximum absolute atomic E-state index is 6.46. The summed E-state index contributed by atoms with van der Waals surface area (Å²) in [6.07, 6.45) is 2.94. The minimum atomic E-state index is -0.235. The Labute approximate surface area is 104 Å². The summed E-state index contributed by atoms with van der Waals surface area (Å²) in [5.74, 6) is 0. The van der Waals surface area contributed by atoms with Crippen LogP contribution in [0.5, 0.6) is 0 Å². The largest absolute Gasteiger partial charge is 0.321 e. The van der Waals surface area contributed by atoms with E-state index in [0.717, 1.165) is 12.0 Å². The van der Waals surface area contributed by atoms with Crippen LogP contribution in [-0.2, 0) is 12.0 Å². The molecular weight excluding hydrogens is 218 g/mol. The van der Waals surface area contributed by atoms with Crippen LogP contribution in [0.3, 0.4) is 0 Å². The second-order valence-corrected chi connectivity index (χ2v) is 5.38. The molecule has 16 heavy (non-hydrogen) atoms. The third-order valence-corrected chi connectivity index (χ3v) is 3.97. The highest BCUT2D eigenvalue weighted by Crippen LogP contribution is 2.48. The second kappa shape index (κ2) is 3.90. The van der Waals surface area contributed by atoms with E-state index >= 15 is 0 Å². The van der Waals surface area contributed by atoms with Crippen molar-refractivity contribution in [1.29, 1.82) is 0 Å². The van der Waals surface area contributed by atoms with Gasteiger partial charge in [0.05, 0.1) is 0 Å². The van der Waals surface area contributed by atoms with E-state index in [-0.39, 0.29) is 23.4 Å². The Balaban J connectivity index is 0.00000128. The Morgan fingerprint density at radius 3 is 2.50 bits per heavy atom. The molecule has 0 aromatic heterocycles. The van der Waals surface area contributed by atoms with Crippen LogP contribution in [0.4, 0.5) is 0 Å². The van der Waals surface area contributed by atoms with Crippen molar-refractivity contribution in [2.75, 3.05) is 0 Å². The third-order valence-electron chi connectivity index (χ3n) is 3.97. The van der Waals surface area contributed by atoms with E-state index in [9.17, 15) is 0 Å². The van der Waals surface area contributed by atoms with E-state index in [1.165, 1.54) is 11.1 Å². The molecule has 0 bridgehead atoms. The lowest BCUT2D eigenvalue weighted by Gasteiger charge is -2.35. The standard InChI is InChI=1S/C14H19N.ClH/c1-5-10-6-7-11-9-13(2,3)14(4,15)12(11)8-10;/h5-8H,1,9,15H2,2-4H3;1H. The highest BCUT2D eigenvalue weighted by atomic mass is 35.5. The number of benzene rings is 1. The van der Waals surface area contributed by atoms with Crippen LogP contribution in [0, 0.1) is 5.41 Å². The van der Waals surface area contributed by atoms with Crippen molar-refractivity contribution < 1.29 is 0 Å². The van der Waals surface area contributed by atoms with Gasteiger partial charge in [-0.2, -0.15) is 0 Å². The molecule has 1 aromatic carbocycles. The molecule has 1 aliphatic carbocycles. The van der Waals surface area contributed by atoms with Gasteiger partial charge in [0.25, 0.3) is 0 Å². The fourth-order valence-electron chi connectivity index (χ4n) is 2.38. The molecule has 1 unspecified atom stereocenters. The zero-order chi connectivity index (χ0) is 11.3. The van der Waals surface area contributed by atoms with Crippen LogP contribution in [0.2, 0.25) is 0 Å². The number of hydrogen-bond acceptors (Lipinski definition) is 1. The molecule has 2 rings (SSSR count). The molecule has 0 aliphatic heterocycles. The van der Waals surface area contributed by atoms with Crippen LogP contribution in [0.25, 0.3) is 6.08 Å². The summed E-state index contributed by atoms with van der Waals surface area (Å²) in [5, 5.41) is 0. The Hall–Kier alpha value is -0.790. The average Bonchev–Trinajstić information content (AvgIpc) is 2.34. The van der Waals surface area contributed by atoms with Gasteiger partial charge in [-0.1, -0.05) is 38.6 Å². The first-order valence-corrected chi connectivity index (χ1v) is 5.43. The molecule has 0 amide bonds. The van der Waals surface area contributed by atoms with Crippen molar-refractivity contribution in [2.24, 2.45) is 11.1 Å². The first kappa shape index (κ1) is 13.3. The predicted molar refractivity (Wildman–Crippen MR) is 72.8 cm³/mol. The first-order valence-electron chi connectivity index (χ1n) is 5.43. The molecule has 0 saturated heterocycles. The summed E-state index contributed by atoms with van der Waals surface area (Å²) in [6.45, 7) is 10.4. The number of halogens is 1. The number of rotatable bonds is 1. The second-order valence-electron chi connectivity index (χ2n) is 5.38. The Morgan fingerprint density at radius 1 is 1.31 bits per heavy atom. The van der Waals surface area contributed by atoms with Crippen LogP contribution in [0.1, 0.15) is 37.5 Å². The zero-order valence-corrected chi connectivity index (χ0v) is 11.0. The predicted octanol–water partition coefficient (Wildman–Crippen LogP) is 3.51. The molecule has 2 heteroatoms.